The number of nitrogens with one attached hydrogen (secondary N) is 1. The third kappa shape index (κ3) is 6.84. The van der Waals surface area contributed by atoms with Gasteiger partial charge >= 0.3 is 12.1 Å². The van der Waals surface area contributed by atoms with Gasteiger partial charge in [-0.15, -0.1) is 10.2 Å². The Morgan fingerprint density at radius 2 is 1.84 bits per heavy atom. The minimum atomic E-state index is -4.89. The molecule has 0 aliphatic heterocycles. The first-order chi connectivity index (χ1) is 20.3. The lowest BCUT2D eigenvalue weighted by Gasteiger charge is -2.21. The van der Waals surface area contributed by atoms with E-state index in [1.807, 2.05) is 0 Å². The maximum atomic E-state index is 14.3. The number of ether oxygens (including phenoxy) is 2. The highest BCUT2D eigenvalue weighted by molar-refractivity contribution is 6.31. The molecule has 1 atom stereocenters. The van der Waals surface area contributed by atoms with Gasteiger partial charge in [-0.1, -0.05) is 11.6 Å². The van der Waals surface area contributed by atoms with E-state index in [9.17, 15) is 31.9 Å². The van der Waals surface area contributed by atoms with Crippen LogP contribution in [0.2, 0.25) is 5.02 Å². The Morgan fingerprint density at radius 1 is 1.09 bits per heavy atom. The molecule has 2 amide bonds. The summed E-state index contributed by atoms with van der Waals surface area (Å²) in [6.07, 6.45) is -3.66. The number of hydrogen-bond donors (Lipinski definition) is 2. The molecule has 0 unspecified atom stereocenters. The number of alkyl halides is 3. The number of primary amides is 1. The lowest BCUT2D eigenvalue weighted by Crippen LogP contribution is -2.34. The highest BCUT2D eigenvalue weighted by atomic mass is 35.5. The summed E-state index contributed by atoms with van der Waals surface area (Å²) in [4.78, 5) is 38.1. The Hall–Kier alpha value is -4.76. The van der Waals surface area contributed by atoms with Gasteiger partial charge in [-0.25, -0.2) is 4.39 Å². The first-order valence-corrected chi connectivity index (χ1v) is 12.6. The maximum absolute atomic E-state index is 14.3. The van der Waals surface area contributed by atoms with Gasteiger partial charge < -0.3 is 24.9 Å². The van der Waals surface area contributed by atoms with Crippen molar-refractivity contribution in [3.05, 3.63) is 81.3 Å². The van der Waals surface area contributed by atoms with Crippen molar-refractivity contribution in [3.63, 3.8) is 0 Å². The molecule has 2 heterocycles. The van der Waals surface area contributed by atoms with E-state index in [1.165, 1.54) is 44.7 Å². The van der Waals surface area contributed by atoms with Crippen LogP contribution in [0.25, 0.3) is 22.6 Å². The second kappa shape index (κ2) is 12.6. The molecule has 0 fully saturated rings. The highest BCUT2D eigenvalue weighted by Crippen LogP contribution is 2.39. The number of carbonyl (C=O) groups is 2. The number of anilines is 1. The minimum absolute atomic E-state index is 0.00277. The second-order valence-electron chi connectivity index (χ2n) is 8.95. The molecule has 4 rings (SSSR count). The van der Waals surface area contributed by atoms with E-state index in [1.54, 1.807) is 0 Å². The summed E-state index contributed by atoms with van der Waals surface area (Å²) in [5.41, 5.74) is 4.28. The van der Waals surface area contributed by atoms with E-state index in [0.29, 0.717) is 0 Å². The van der Waals surface area contributed by atoms with Crippen LogP contribution in [-0.2, 0) is 15.7 Å². The van der Waals surface area contributed by atoms with Gasteiger partial charge in [-0.05, 0) is 42.0 Å². The Balaban J connectivity index is 1.77. The van der Waals surface area contributed by atoms with Crippen LogP contribution in [0, 0.1) is 5.82 Å². The van der Waals surface area contributed by atoms with Gasteiger partial charge in [0.2, 0.25) is 11.8 Å². The van der Waals surface area contributed by atoms with Gasteiger partial charge in [0.25, 0.3) is 11.5 Å². The van der Waals surface area contributed by atoms with Crippen molar-refractivity contribution in [2.45, 2.75) is 18.6 Å². The molecule has 226 valence electrons. The zero-order chi connectivity index (χ0) is 31.5. The maximum Gasteiger partial charge on any atom is 0.470 e. The monoisotopic (exact) mass is 623 g/mol. The molecule has 43 heavy (non-hydrogen) atoms. The fourth-order valence-electron chi connectivity index (χ4n) is 4.16. The molecular formula is C27H22ClF4N5O6. The van der Waals surface area contributed by atoms with Gasteiger partial charge in [0, 0.05) is 48.0 Å². The standard InChI is InChI=1S/C27H22ClF4N5O6/c1-41-8-7-20(24(40)34-14-4-6-16(23(33)39)19(29)10-14)37-12-21(42-2)18(11-22(37)38)17-9-13(28)3-5-15(17)25-35-36-26(43-25)27(30,31)32/h3-6,9-12,20H,7-8H2,1-2H3,(H2,33,39)(H,34,40)/t20-/m0/s1. The van der Waals surface area contributed by atoms with Crippen LogP contribution < -0.4 is 21.3 Å². The Bertz CT molecular complexity index is 1740. The van der Waals surface area contributed by atoms with E-state index >= 15 is 0 Å². The molecule has 2 aromatic heterocycles. The molecular weight excluding hydrogens is 602 g/mol. The summed E-state index contributed by atoms with van der Waals surface area (Å²) < 4.78 is 70.0. The van der Waals surface area contributed by atoms with Crippen molar-refractivity contribution in [1.82, 2.24) is 14.8 Å². The average molecular weight is 624 g/mol. The molecule has 0 spiro atoms. The number of pyridine rings is 1. The van der Waals surface area contributed by atoms with E-state index in [0.717, 1.165) is 22.8 Å². The van der Waals surface area contributed by atoms with Crippen LogP contribution in [0.3, 0.4) is 0 Å². The number of amides is 2. The first kappa shape index (κ1) is 31.2. The fourth-order valence-corrected chi connectivity index (χ4v) is 4.33. The van der Waals surface area contributed by atoms with Crippen molar-refractivity contribution in [3.8, 4) is 28.3 Å². The third-order valence-electron chi connectivity index (χ3n) is 6.17. The SMILES string of the molecule is COCC[C@@H](C(=O)Nc1ccc(C(N)=O)c(F)c1)n1cc(OC)c(-c2cc(Cl)ccc2-c2nnc(C(F)(F)F)o2)cc1=O. The summed E-state index contributed by atoms with van der Waals surface area (Å²) >= 11 is 6.17. The van der Waals surface area contributed by atoms with Crippen LogP contribution in [0.4, 0.5) is 23.2 Å². The highest BCUT2D eigenvalue weighted by Gasteiger charge is 2.38. The van der Waals surface area contributed by atoms with Gasteiger partial charge in [-0.2, -0.15) is 13.2 Å². The van der Waals surface area contributed by atoms with Gasteiger partial charge in [0.05, 0.1) is 18.9 Å². The van der Waals surface area contributed by atoms with E-state index < -0.39 is 47.2 Å². The largest absolute Gasteiger partial charge is 0.495 e. The van der Waals surface area contributed by atoms with Gasteiger partial charge in [-0.3, -0.25) is 19.0 Å². The number of halogens is 5. The molecule has 0 bridgehead atoms. The first-order valence-electron chi connectivity index (χ1n) is 12.2. The molecule has 0 saturated carbocycles. The Kier molecular flexibility index (Phi) is 9.16. The van der Waals surface area contributed by atoms with Crippen molar-refractivity contribution in [2.24, 2.45) is 5.73 Å². The molecule has 2 aromatic carbocycles. The minimum Gasteiger partial charge on any atom is -0.495 e. The summed E-state index contributed by atoms with van der Waals surface area (Å²) in [7, 11) is 2.67. The van der Waals surface area contributed by atoms with E-state index in [-0.39, 0.29) is 51.7 Å². The van der Waals surface area contributed by atoms with Crippen molar-refractivity contribution >= 4 is 29.1 Å². The van der Waals surface area contributed by atoms with Crippen LogP contribution in [0.15, 0.2) is 57.9 Å². The number of aromatic nitrogens is 3. The zero-order valence-corrected chi connectivity index (χ0v) is 23.1. The fraction of sp³-hybridized carbons (Fsp3) is 0.222. The smallest absolute Gasteiger partial charge is 0.470 e. The number of nitrogens with zero attached hydrogens (tertiary/aromatic N) is 3. The predicted molar refractivity (Wildman–Crippen MR) is 145 cm³/mol. The zero-order valence-electron chi connectivity index (χ0n) is 22.4. The summed E-state index contributed by atoms with van der Waals surface area (Å²) in [5.74, 6) is -4.70. The molecule has 4 aromatic rings. The van der Waals surface area contributed by atoms with Crippen molar-refractivity contribution in [2.75, 3.05) is 26.1 Å². The van der Waals surface area contributed by atoms with E-state index in [4.69, 9.17) is 31.2 Å². The number of rotatable bonds is 10. The molecule has 0 radical (unpaired) electrons. The quantitative estimate of drug-likeness (QED) is 0.241. The third-order valence-corrected chi connectivity index (χ3v) is 6.40. The van der Waals surface area contributed by atoms with Gasteiger partial charge in [0.1, 0.15) is 17.6 Å². The predicted octanol–water partition coefficient (Wildman–Crippen LogP) is 4.70. The number of benzene rings is 2. The molecule has 0 saturated heterocycles. The molecule has 0 aliphatic rings. The summed E-state index contributed by atoms with van der Waals surface area (Å²) in [6, 6.07) is 7.27. The molecule has 3 N–H and O–H groups in total. The normalized spacial score (nSPS) is 12.2. The van der Waals surface area contributed by atoms with E-state index in [2.05, 4.69) is 15.5 Å². The van der Waals surface area contributed by atoms with Crippen LogP contribution >= 0.6 is 11.6 Å². The average Bonchev–Trinajstić information content (AvgIpc) is 3.44. The topological polar surface area (TPSA) is 152 Å². The summed E-state index contributed by atoms with van der Waals surface area (Å²) in [6.45, 7) is 0.0424. The molecule has 11 nitrogen and oxygen atoms in total. The Labute approximate surface area is 245 Å². The number of carbonyl (C=O) groups excluding carboxylic acids is 2. The number of methoxy groups -OCH3 is 2. The second-order valence-corrected chi connectivity index (χ2v) is 9.38. The lowest BCUT2D eigenvalue weighted by atomic mass is 9.99. The Morgan fingerprint density at radius 3 is 2.44 bits per heavy atom. The van der Waals surface area contributed by atoms with Gasteiger partial charge in [0.15, 0.2) is 0 Å². The molecule has 0 aliphatic carbocycles. The van der Waals surface area contributed by atoms with Crippen LogP contribution in [0.1, 0.15) is 28.7 Å². The van der Waals surface area contributed by atoms with Crippen molar-refractivity contribution < 1.29 is 41.0 Å². The van der Waals surface area contributed by atoms with Crippen molar-refractivity contribution in [1.29, 1.82) is 0 Å². The van der Waals surface area contributed by atoms with Crippen LogP contribution in [-0.4, -0.2) is 47.4 Å². The molecule has 16 heteroatoms. The lowest BCUT2D eigenvalue weighted by molar-refractivity contribution is -0.157. The summed E-state index contributed by atoms with van der Waals surface area (Å²) in [5, 5.41) is 9.20. The number of nitrogens with two attached hydrogens (primary N) is 1. The van der Waals surface area contributed by atoms with Crippen LogP contribution in [0.5, 0.6) is 5.75 Å². The number of hydrogen-bond acceptors (Lipinski definition) is 8.